The van der Waals surface area contributed by atoms with Crippen LogP contribution in [0.3, 0.4) is 0 Å². The number of hydrogen-bond acceptors (Lipinski definition) is 1. The van der Waals surface area contributed by atoms with E-state index in [4.69, 9.17) is 0 Å². The molecule has 1 nitrogen and oxygen atoms in total. The molecule has 1 unspecified atom stereocenters. The summed E-state index contributed by atoms with van der Waals surface area (Å²) >= 11 is 1.83. The van der Waals surface area contributed by atoms with Crippen LogP contribution in [0.2, 0.25) is 5.25 Å². The second kappa shape index (κ2) is 4.39. The van der Waals surface area contributed by atoms with Gasteiger partial charge in [-0.05, 0) is 0 Å². The zero-order chi connectivity index (χ0) is 6.57. The molecule has 0 aromatic heterocycles. The van der Waals surface area contributed by atoms with Crippen LogP contribution in [0.5, 0.6) is 0 Å². The Hall–Kier alpha value is 0.503. The first-order chi connectivity index (χ1) is 3.66. The number of hydrogen-bond donors (Lipinski definition) is 0. The fourth-order valence-corrected chi connectivity index (χ4v) is 1.01. The van der Waals surface area contributed by atoms with Gasteiger partial charge >= 0.3 is 60.1 Å². The first-order valence-electron chi connectivity index (χ1n) is 3.01. The molecule has 0 fully saturated rings. The normalized spacial score (nSPS) is 14.6. The number of nitrogens with zero attached hydrogens (tertiary/aromatic N) is 1. The average Bonchev–Trinajstić information content (AvgIpc) is 1.65. The Kier molecular flexibility index (Phi) is 4.66. The van der Waals surface area contributed by atoms with E-state index in [-0.39, 0.29) is 0 Å². The summed E-state index contributed by atoms with van der Waals surface area (Å²) in [6.07, 6.45) is 0. The van der Waals surface area contributed by atoms with Crippen molar-refractivity contribution in [3.8, 4) is 0 Å². The van der Waals surface area contributed by atoms with Gasteiger partial charge in [0, 0.05) is 0 Å². The second-order valence-corrected chi connectivity index (χ2v) is 3.59. The van der Waals surface area contributed by atoms with Gasteiger partial charge in [0.1, 0.15) is 0 Å². The van der Waals surface area contributed by atoms with Crippen molar-refractivity contribution >= 4 is 16.5 Å². The van der Waals surface area contributed by atoms with Crippen molar-refractivity contribution in [2.24, 2.45) is 5.92 Å². The minimum atomic E-state index is 0.880. The van der Waals surface area contributed by atoms with E-state index in [2.05, 4.69) is 25.9 Å². The van der Waals surface area contributed by atoms with Crippen LogP contribution in [0.1, 0.15) is 6.92 Å². The Morgan fingerprint density at radius 2 is 2.00 bits per heavy atom. The van der Waals surface area contributed by atoms with E-state index in [0.717, 1.165) is 5.92 Å². The van der Waals surface area contributed by atoms with Crippen LogP contribution in [0.15, 0.2) is 0 Å². The Balaban J connectivity index is 3.10. The van der Waals surface area contributed by atoms with Gasteiger partial charge in [-0.1, -0.05) is 0 Å². The third kappa shape index (κ3) is 4.66. The fraction of sp³-hybridized carbons (Fsp3) is 1.00. The summed E-state index contributed by atoms with van der Waals surface area (Å²) in [4.78, 5) is 2.24. The molecule has 0 heterocycles. The van der Waals surface area contributed by atoms with Crippen LogP contribution in [-0.4, -0.2) is 42.1 Å². The van der Waals surface area contributed by atoms with Gasteiger partial charge in [-0.2, -0.15) is 0 Å². The van der Waals surface area contributed by atoms with Gasteiger partial charge in [0.05, 0.1) is 0 Å². The molecule has 0 spiro atoms. The zero-order valence-corrected chi connectivity index (χ0v) is 8.44. The Labute approximate surface area is 60.7 Å². The standard InChI is InChI=1S/C6H15GeN/c1-6(4-7)5-8(2)3/h6-7H,4-5H2,1-3H3. The zero-order valence-electron chi connectivity index (χ0n) is 6.02. The molecule has 0 rings (SSSR count). The third-order valence-electron chi connectivity index (χ3n) is 1.08. The monoisotopic (exact) mass is 175 g/mol. The van der Waals surface area contributed by atoms with Crippen molar-refractivity contribution in [2.75, 3.05) is 20.6 Å². The number of rotatable bonds is 3. The molecule has 1 atom stereocenters. The molecule has 0 aliphatic heterocycles. The van der Waals surface area contributed by atoms with Crippen molar-refractivity contribution in [3.05, 3.63) is 0 Å². The predicted molar refractivity (Wildman–Crippen MR) is 39.7 cm³/mol. The Bertz CT molecular complexity index is 54.5. The van der Waals surface area contributed by atoms with E-state index >= 15 is 0 Å². The van der Waals surface area contributed by atoms with Crippen LogP contribution in [0.25, 0.3) is 0 Å². The molecule has 0 aromatic rings. The second-order valence-electron chi connectivity index (χ2n) is 2.60. The molecule has 0 bridgehead atoms. The van der Waals surface area contributed by atoms with E-state index in [0.29, 0.717) is 0 Å². The molecule has 0 saturated heterocycles. The first kappa shape index (κ1) is 8.50. The molecule has 0 saturated carbocycles. The van der Waals surface area contributed by atoms with Gasteiger partial charge in [-0.15, -0.1) is 0 Å². The molecule has 0 aromatic carbocycles. The van der Waals surface area contributed by atoms with Gasteiger partial charge in [0.25, 0.3) is 0 Å². The topological polar surface area (TPSA) is 3.24 Å². The summed E-state index contributed by atoms with van der Waals surface area (Å²) in [7, 11) is 4.25. The van der Waals surface area contributed by atoms with Gasteiger partial charge in [-0.25, -0.2) is 0 Å². The predicted octanol–water partition coefficient (Wildman–Crippen LogP) is 0.503. The summed E-state index contributed by atoms with van der Waals surface area (Å²) in [6.45, 7) is 3.53. The molecule has 8 heavy (non-hydrogen) atoms. The molecular formula is C6H15GeN. The molecule has 48 valence electrons. The van der Waals surface area contributed by atoms with Crippen LogP contribution >= 0.6 is 0 Å². The van der Waals surface area contributed by atoms with E-state index in [9.17, 15) is 0 Å². The van der Waals surface area contributed by atoms with Crippen molar-refractivity contribution in [3.63, 3.8) is 0 Å². The summed E-state index contributed by atoms with van der Waals surface area (Å²) in [6, 6.07) is 0. The summed E-state index contributed by atoms with van der Waals surface area (Å²) < 4.78 is 0. The van der Waals surface area contributed by atoms with E-state index in [1.54, 1.807) is 0 Å². The van der Waals surface area contributed by atoms with Crippen LogP contribution in [0.4, 0.5) is 0 Å². The molecule has 2 heteroatoms. The quantitative estimate of drug-likeness (QED) is 0.563. The van der Waals surface area contributed by atoms with E-state index in [1.807, 2.05) is 16.5 Å². The van der Waals surface area contributed by atoms with E-state index < -0.39 is 0 Å². The molecule has 0 N–H and O–H groups in total. The fourth-order valence-electron chi connectivity index (χ4n) is 0.698. The maximum absolute atomic E-state index is 2.29. The average molecular weight is 174 g/mol. The summed E-state index contributed by atoms with van der Waals surface area (Å²) in [5.41, 5.74) is 0. The van der Waals surface area contributed by atoms with Crippen LogP contribution in [0, 0.1) is 5.92 Å². The van der Waals surface area contributed by atoms with Crippen molar-refractivity contribution in [1.29, 1.82) is 0 Å². The third-order valence-corrected chi connectivity index (χ3v) is 2.77. The maximum atomic E-state index is 2.29. The van der Waals surface area contributed by atoms with Crippen molar-refractivity contribution in [1.82, 2.24) is 4.90 Å². The Morgan fingerprint density at radius 1 is 1.50 bits per heavy atom. The van der Waals surface area contributed by atoms with Crippen molar-refractivity contribution < 1.29 is 0 Å². The first-order valence-corrected chi connectivity index (χ1v) is 4.73. The van der Waals surface area contributed by atoms with Crippen molar-refractivity contribution in [2.45, 2.75) is 12.2 Å². The molecule has 0 amide bonds. The van der Waals surface area contributed by atoms with Gasteiger partial charge in [-0.3, -0.25) is 0 Å². The van der Waals surface area contributed by atoms with Gasteiger partial charge < -0.3 is 0 Å². The molecule has 0 aliphatic rings. The van der Waals surface area contributed by atoms with Crippen LogP contribution in [-0.2, 0) is 0 Å². The molecule has 2 radical (unpaired) electrons. The Morgan fingerprint density at radius 3 is 2.12 bits per heavy atom. The summed E-state index contributed by atoms with van der Waals surface area (Å²) in [5.74, 6) is 0.880. The van der Waals surface area contributed by atoms with Crippen LogP contribution < -0.4 is 0 Å². The molecule has 0 aliphatic carbocycles. The minimum absolute atomic E-state index is 0.880. The van der Waals surface area contributed by atoms with Gasteiger partial charge in [0.2, 0.25) is 0 Å². The van der Waals surface area contributed by atoms with E-state index in [1.165, 1.54) is 11.8 Å². The SMILES string of the molecule is CC([CH2][GeH])CN(C)C. The van der Waals surface area contributed by atoms with Gasteiger partial charge in [0.15, 0.2) is 0 Å². The molecular weight excluding hydrogens is 159 g/mol. The summed E-state index contributed by atoms with van der Waals surface area (Å²) in [5, 5.41) is 1.35.